The number of hydrogen-bond donors (Lipinski definition) is 0. The summed E-state index contributed by atoms with van der Waals surface area (Å²) in [4.78, 5) is 16.8. The van der Waals surface area contributed by atoms with Crippen LogP contribution in [0.4, 0.5) is 0 Å². The van der Waals surface area contributed by atoms with Gasteiger partial charge in [0.25, 0.3) is 0 Å². The lowest BCUT2D eigenvalue weighted by Crippen LogP contribution is -2.84. The van der Waals surface area contributed by atoms with Gasteiger partial charge in [0.05, 0.1) is 26.2 Å². The Bertz CT molecular complexity index is 1160. The molecule has 0 radical (unpaired) electrons. The highest BCUT2D eigenvalue weighted by Crippen LogP contribution is 2.51. The molecule has 0 bridgehead atoms. The molecule has 242 valence electrons. The van der Waals surface area contributed by atoms with Gasteiger partial charge in [-0.05, 0) is 12.8 Å². The van der Waals surface area contributed by atoms with E-state index in [9.17, 15) is 0 Å². The molecular weight excluding hydrogens is 816 g/mol. The third-order valence-electron chi connectivity index (χ3n) is 13.1. The van der Waals surface area contributed by atoms with Crippen molar-refractivity contribution in [3.8, 4) is 0 Å². The van der Waals surface area contributed by atoms with E-state index in [0.717, 1.165) is 39.0 Å². The van der Waals surface area contributed by atoms with E-state index in [-0.39, 0.29) is 6.71 Å². The minimum atomic E-state index is -0.0711. The molecule has 8 nitrogen and oxygen atoms in total. The zero-order valence-electron chi connectivity index (χ0n) is 25.9. The minimum absolute atomic E-state index is 0.0711. The van der Waals surface area contributed by atoms with Crippen molar-refractivity contribution < 1.29 is 8.97 Å². The first-order valence-corrected chi connectivity index (χ1v) is 20.4. The molecule has 12 heteroatoms. The molecular formula is C32H48Br4N8+2. The van der Waals surface area contributed by atoms with Crippen LogP contribution in [0.25, 0.3) is 0 Å². The third kappa shape index (κ3) is 4.81. The molecule has 6 atom stereocenters. The summed E-state index contributed by atoms with van der Waals surface area (Å²) in [5.41, 5.74) is 3.04. The molecule has 0 spiro atoms. The maximum Gasteiger partial charge on any atom is 0.177 e. The normalized spacial score (nSPS) is 42.5. The molecule has 1 aromatic rings. The molecule has 8 aliphatic heterocycles. The second-order valence-corrected chi connectivity index (χ2v) is 22.6. The van der Waals surface area contributed by atoms with Crippen molar-refractivity contribution in [3.63, 3.8) is 0 Å². The lowest BCUT2D eigenvalue weighted by molar-refractivity contribution is -0.990. The molecule has 0 aliphatic carbocycles. The summed E-state index contributed by atoms with van der Waals surface area (Å²) >= 11 is 16.5. The SMILES string of the molecule is BrC1(Br)CC[N+]2(Cc3ccc(C[N+]45CCN6CCCN7CCN(C4C76)C(Br)(Br)CC5)cc3)CCN3CCCN4CCN1C2C43. The van der Waals surface area contributed by atoms with Crippen molar-refractivity contribution in [2.45, 2.75) is 70.2 Å². The van der Waals surface area contributed by atoms with Gasteiger partial charge in [0.1, 0.15) is 32.1 Å². The summed E-state index contributed by atoms with van der Waals surface area (Å²) in [5.74, 6) is 0. The van der Waals surface area contributed by atoms with Crippen molar-refractivity contribution in [2.24, 2.45) is 0 Å². The molecule has 8 saturated heterocycles. The first kappa shape index (κ1) is 30.8. The first-order chi connectivity index (χ1) is 21.2. The van der Waals surface area contributed by atoms with Gasteiger partial charge in [-0.25, -0.2) is 9.80 Å². The largest absolute Gasteiger partial charge is 0.301 e. The van der Waals surface area contributed by atoms with Crippen LogP contribution in [0.15, 0.2) is 24.3 Å². The quantitative estimate of drug-likeness (QED) is 0.258. The van der Waals surface area contributed by atoms with Gasteiger partial charge in [-0.15, -0.1) is 0 Å². The number of nitrogens with zero attached hydrogens (tertiary/aromatic N) is 8. The Balaban J connectivity index is 0.985. The van der Waals surface area contributed by atoms with Gasteiger partial charge < -0.3 is 8.97 Å². The number of piperazine rings is 4. The van der Waals surface area contributed by atoms with Crippen LogP contribution in [0.1, 0.15) is 36.8 Å². The maximum absolute atomic E-state index is 4.13. The van der Waals surface area contributed by atoms with Gasteiger partial charge in [0.2, 0.25) is 0 Å². The Hall–Kier alpha value is 0.820. The Morgan fingerprint density at radius 3 is 1.32 bits per heavy atom. The molecule has 8 heterocycles. The van der Waals surface area contributed by atoms with Crippen molar-refractivity contribution in [3.05, 3.63) is 35.4 Å². The van der Waals surface area contributed by atoms with Crippen LogP contribution in [-0.4, -0.2) is 161 Å². The standard InChI is InChI=1S/C32H48Br4N8/c33-31(34)7-19-43(21-17-39-11-1-9-37-13-15-41(31)29(43)27(37)39)23-25-3-5-26(6-4-25)24-44-20-8-32(35,36)42-16-14-38-10-2-12-40(18-22-44)28(38)30(42)44/h3-6,27-30H,1-2,7-24H2/q+2. The van der Waals surface area contributed by atoms with Gasteiger partial charge in [0, 0.05) is 89.4 Å². The van der Waals surface area contributed by atoms with E-state index in [2.05, 4.69) is 117 Å². The summed E-state index contributed by atoms with van der Waals surface area (Å²) in [6, 6.07) is 10.0. The molecule has 0 N–H and O–H groups in total. The second-order valence-electron chi connectivity index (χ2n) is 15.2. The average Bonchev–Trinajstić information content (AvgIpc) is 3.03. The predicted octanol–water partition coefficient (Wildman–Crippen LogP) is 3.99. The van der Waals surface area contributed by atoms with E-state index in [1.807, 2.05) is 0 Å². The lowest BCUT2D eigenvalue weighted by atomic mass is 9.95. The fourth-order valence-corrected chi connectivity index (χ4v) is 13.3. The highest BCUT2D eigenvalue weighted by atomic mass is 79.9. The average molecular weight is 864 g/mol. The highest BCUT2D eigenvalue weighted by Gasteiger charge is 2.64. The van der Waals surface area contributed by atoms with Crippen LogP contribution < -0.4 is 0 Å². The van der Waals surface area contributed by atoms with Crippen LogP contribution in [0.5, 0.6) is 0 Å². The summed E-state index contributed by atoms with van der Waals surface area (Å²) in [6.07, 6.45) is 7.04. The van der Waals surface area contributed by atoms with Gasteiger partial charge in [-0.1, -0.05) is 88.0 Å². The van der Waals surface area contributed by atoms with E-state index in [0.29, 0.717) is 24.7 Å². The van der Waals surface area contributed by atoms with Crippen LogP contribution in [0.3, 0.4) is 0 Å². The van der Waals surface area contributed by atoms with Gasteiger partial charge >= 0.3 is 0 Å². The maximum atomic E-state index is 4.13. The van der Waals surface area contributed by atoms with Crippen molar-refractivity contribution in [2.75, 3.05) is 91.6 Å². The summed E-state index contributed by atoms with van der Waals surface area (Å²) in [6.45, 7) is 19.4. The smallest absolute Gasteiger partial charge is 0.177 e. The molecule has 0 amide bonds. The summed E-state index contributed by atoms with van der Waals surface area (Å²) in [7, 11) is 0. The number of benzene rings is 1. The van der Waals surface area contributed by atoms with Crippen molar-refractivity contribution >= 4 is 63.7 Å². The van der Waals surface area contributed by atoms with Gasteiger partial charge in [0.15, 0.2) is 12.3 Å². The lowest BCUT2D eigenvalue weighted by Gasteiger charge is -2.67. The molecule has 1 aromatic carbocycles. The Kier molecular flexibility index (Phi) is 7.83. The molecule has 44 heavy (non-hydrogen) atoms. The van der Waals surface area contributed by atoms with Gasteiger partial charge in [-0.2, -0.15) is 0 Å². The van der Waals surface area contributed by atoms with E-state index in [1.165, 1.54) is 111 Å². The van der Waals surface area contributed by atoms with E-state index in [1.54, 1.807) is 0 Å². The van der Waals surface area contributed by atoms with E-state index >= 15 is 0 Å². The zero-order valence-corrected chi connectivity index (χ0v) is 32.2. The Morgan fingerprint density at radius 1 is 0.523 bits per heavy atom. The molecule has 8 fully saturated rings. The molecule has 6 unspecified atom stereocenters. The number of quaternary nitrogens is 2. The van der Waals surface area contributed by atoms with Crippen LogP contribution >= 0.6 is 63.7 Å². The Morgan fingerprint density at radius 2 is 0.909 bits per heavy atom. The topological polar surface area (TPSA) is 19.4 Å². The number of halogens is 4. The number of alkyl halides is 4. The van der Waals surface area contributed by atoms with E-state index in [4.69, 9.17) is 0 Å². The first-order valence-electron chi connectivity index (χ1n) is 17.2. The van der Waals surface area contributed by atoms with Crippen LogP contribution in [-0.2, 0) is 13.1 Å². The summed E-state index contributed by atoms with van der Waals surface area (Å²) in [5, 5.41) is 0. The number of rotatable bonds is 4. The molecule has 9 rings (SSSR count). The molecule has 8 aliphatic rings. The predicted molar refractivity (Wildman–Crippen MR) is 188 cm³/mol. The summed E-state index contributed by atoms with van der Waals surface area (Å²) < 4.78 is 2.27. The molecule has 0 saturated carbocycles. The third-order valence-corrected chi connectivity index (χ3v) is 16.5. The fraction of sp³-hybridized carbons (Fsp3) is 0.812. The zero-order chi connectivity index (χ0) is 29.9. The van der Waals surface area contributed by atoms with E-state index < -0.39 is 0 Å². The second kappa shape index (κ2) is 11.2. The van der Waals surface area contributed by atoms with Crippen molar-refractivity contribution in [1.82, 2.24) is 29.4 Å². The van der Waals surface area contributed by atoms with Gasteiger partial charge in [-0.3, -0.25) is 19.6 Å². The van der Waals surface area contributed by atoms with Crippen LogP contribution in [0.2, 0.25) is 0 Å². The van der Waals surface area contributed by atoms with Crippen LogP contribution in [0, 0.1) is 0 Å². The number of hydrogen-bond acceptors (Lipinski definition) is 6. The van der Waals surface area contributed by atoms with Crippen molar-refractivity contribution in [1.29, 1.82) is 0 Å². The minimum Gasteiger partial charge on any atom is -0.301 e. The monoisotopic (exact) mass is 860 g/mol. The highest BCUT2D eigenvalue weighted by molar-refractivity contribution is 9.25. The Labute approximate surface area is 297 Å². The molecule has 0 aromatic heterocycles. The fourth-order valence-electron chi connectivity index (χ4n) is 11.0.